The Balaban J connectivity index is 2.06. The molecular weight excluding hydrogens is 248 g/mol. The predicted molar refractivity (Wildman–Crippen MR) is 78.2 cm³/mol. The van der Waals surface area contributed by atoms with Crippen molar-refractivity contribution in [2.45, 2.75) is 6.54 Å². The lowest BCUT2D eigenvalue weighted by atomic mass is 10.1. The molecule has 3 aromatic rings. The number of pyridine rings is 1. The van der Waals surface area contributed by atoms with Gasteiger partial charge in [0.05, 0.1) is 0 Å². The van der Waals surface area contributed by atoms with Gasteiger partial charge in [-0.1, -0.05) is 30.3 Å². The molecule has 3 heteroatoms. The number of aromatic nitrogens is 1. The van der Waals surface area contributed by atoms with Gasteiger partial charge in [0.2, 0.25) is 11.4 Å². The number of amides is 1. The zero-order valence-electron chi connectivity index (χ0n) is 11.0. The predicted octanol–water partition coefficient (Wildman–Crippen LogP) is 2.27. The molecule has 1 amide bonds. The summed E-state index contributed by atoms with van der Waals surface area (Å²) in [6.45, 7) is 0.800. The van der Waals surface area contributed by atoms with Gasteiger partial charge in [0.25, 0.3) is 0 Å². The first-order chi connectivity index (χ1) is 9.74. The first-order valence-corrected chi connectivity index (χ1v) is 6.50. The van der Waals surface area contributed by atoms with E-state index in [1.165, 1.54) is 5.56 Å². The van der Waals surface area contributed by atoms with Crippen molar-refractivity contribution in [3.05, 3.63) is 78.0 Å². The number of hydrogen-bond acceptors (Lipinski definition) is 1. The van der Waals surface area contributed by atoms with Gasteiger partial charge in [-0.15, -0.1) is 0 Å². The van der Waals surface area contributed by atoms with Crippen LogP contribution in [0.1, 0.15) is 15.9 Å². The highest BCUT2D eigenvalue weighted by Crippen LogP contribution is 2.12. The fraction of sp³-hybridized carbons (Fsp3) is 0.0588. The molecule has 0 saturated carbocycles. The summed E-state index contributed by atoms with van der Waals surface area (Å²) in [5, 5.41) is 1.01. The van der Waals surface area contributed by atoms with Crippen molar-refractivity contribution >= 4 is 16.8 Å². The van der Waals surface area contributed by atoms with E-state index in [2.05, 4.69) is 16.7 Å². The molecule has 0 aliphatic carbocycles. The Morgan fingerprint density at radius 3 is 2.55 bits per heavy atom. The van der Waals surface area contributed by atoms with Gasteiger partial charge in [-0.2, -0.15) is 4.57 Å². The van der Waals surface area contributed by atoms with Crippen LogP contribution in [-0.2, 0) is 6.54 Å². The zero-order chi connectivity index (χ0) is 13.9. The SMILES string of the molecule is NC(=O)c1ccc2c(ccc[n+]2Cc2ccccc2)c1. The Morgan fingerprint density at radius 2 is 1.80 bits per heavy atom. The number of benzene rings is 2. The summed E-state index contributed by atoms with van der Waals surface area (Å²) in [6, 6.07) is 19.8. The van der Waals surface area contributed by atoms with E-state index in [9.17, 15) is 4.79 Å². The van der Waals surface area contributed by atoms with Crippen molar-refractivity contribution < 1.29 is 9.36 Å². The Hall–Kier alpha value is -2.68. The number of nitrogens with zero attached hydrogens (tertiary/aromatic N) is 1. The maximum atomic E-state index is 11.2. The van der Waals surface area contributed by atoms with Gasteiger partial charge in [-0.05, 0) is 18.2 Å². The van der Waals surface area contributed by atoms with E-state index in [0.29, 0.717) is 5.56 Å². The molecule has 0 unspecified atom stereocenters. The first-order valence-electron chi connectivity index (χ1n) is 6.50. The number of hydrogen-bond donors (Lipinski definition) is 1. The van der Waals surface area contributed by atoms with Crippen LogP contribution in [0.25, 0.3) is 10.9 Å². The average Bonchev–Trinajstić information content (AvgIpc) is 2.48. The van der Waals surface area contributed by atoms with E-state index in [1.54, 1.807) is 6.07 Å². The summed E-state index contributed by atoms with van der Waals surface area (Å²) >= 11 is 0. The quantitative estimate of drug-likeness (QED) is 0.724. The van der Waals surface area contributed by atoms with E-state index >= 15 is 0 Å². The van der Waals surface area contributed by atoms with Crippen LogP contribution >= 0.6 is 0 Å². The third-order valence-electron chi connectivity index (χ3n) is 3.36. The third-order valence-corrected chi connectivity index (χ3v) is 3.36. The molecule has 98 valence electrons. The number of fused-ring (bicyclic) bond motifs is 1. The van der Waals surface area contributed by atoms with E-state index < -0.39 is 5.91 Å². The van der Waals surface area contributed by atoms with Crippen LogP contribution in [0.15, 0.2) is 66.9 Å². The number of carbonyl (C=O) groups is 1. The van der Waals surface area contributed by atoms with Crippen LogP contribution in [0.4, 0.5) is 0 Å². The van der Waals surface area contributed by atoms with Crippen molar-refractivity contribution in [3.63, 3.8) is 0 Å². The second-order valence-corrected chi connectivity index (χ2v) is 4.76. The maximum absolute atomic E-state index is 11.2. The summed E-state index contributed by atoms with van der Waals surface area (Å²) in [4.78, 5) is 11.2. The summed E-state index contributed by atoms with van der Waals surface area (Å²) in [5.74, 6) is -0.398. The normalized spacial score (nSPS) is 10.6. The Bertz CT molecular complexity index is 766. The topological polar surface area (TPSA) is 47.0 Å². The molecule has 0 aliphatic heterocycles. The van der Waals surface area contributed by atoms with Crippen LogP contribution in [0.2, 0.25) is 0 Å². The summed E-state index contributed by atoms with van der Waals surface area (Å²) in [5.41, 5.74) is 8.18. The molecule has 20 heavy (non-hydrogen) atoms. The molecule has 0 saturated heterocycles. The number of rotatable bonds is 3. The van der Waals surface area contributed by atoms with Crippen molar-refractivity contribution in [1.29, 1.82) is 0 Å². The molecule has 1 heterocycles. The van der Waals surface area contributed by atoms with Gasteiger partial charge in [0.15, 0.2) is 12.7 Å². The molecule has 3 nitrogen and oxygen atoms in total. The molecule has 1 aromatic heterocycles. The van der Waals surface area contributed by atoms with Crippen molar-refractivity contribution in [1.82, 2.24) is 0 Å². The molecule has 0 radical (unpaired) electrons. The van der Waals surface area contributed by atoms with Gasteiger partial charge in [-0.3, -0.25) is 4.79 Å². The highest BCUT2D eigenvalue weighted by Gasteiger charge is 2.10. The van der Waals surface area contributed by atoms with E-state index in [0.717, 1.165) is 17.4 Å². The molecule has 0 fully saturated rings. The molecule has 0 bridgehead atoms. The number of carbonyl (C=O) groups excluding carboxylic acids is 1. The van der Waals surface area contributed by atoms with Gasteiger partial charge >= 0.3 is 0 Å². The van der Waals surface area contributed by atoms with Crippen LogP contribution in [0.5, 0.6) is 0 Å². The third kappa shape index (κ3) is 2.38. The molecule has 2 aromatic carbocycles. The minimum absolute atomic E-state index is 0.398. The van der Waals surface area contributed by atoms with Crippen molar-refractivity contribution in [2.24, 2.45) is 5.73 Å². The summed E-state index contributed by atoms with van der Waals surface area (Å²) < 4.78 is 2.16. The van der Waals surface area contributed by atoms with Crippen molar-refractivity contribution in [2.75, 3.05) is 0 Å². The molecule has 0 atom stereocenters. The van der Waals surface area contributed by atoms with E-state index in [-0.39, 0.29) is 0 Å². The monoisotopic (exact) mass is 263 g/mol. The van der Waals surface area contributed by atoms with Gasteiger partial charge in [0, 0.05) is 28.6 Å². The lowest BCUT2D eigenvalue weighted by Crippen LogP contribution is -2.34. The van der Waals surface area contributed by atoms with Crippen molar-refractivity contribution in [3.8, 4) is 0 Å². The molecule has 3 rings (SSSR count). The minimum Gasteiger partial charge on any atom is -0.366 e. The van der Waals surface area contributed by atoms with E-state index in [4.69, 9.17) is 5.73 Å². The molecular formula is C17H15N2O+. The smallest absolute Gasteiger partial charge is 0.248 e. The average molecular weight is 263 g/mol. The number of primary amides is 1. The van der Waals surface area contributed by atoms with Gasteiger partial charge in [-0.25, -0.2) is 0 Å². The summed E-state index contributed by atoms with van der Waals surface area (Å²) in [6.07, 6.45) is 2.04. The second-order valence-electron chi connectivity index (χ2n) is 4.76. The van der Waals surface area contributed by atoms with E-state index in [1.807, 2.05) is 48.7 Å². The molecule has 2 N–H and O–H groups in total. The van der Waals surface area contributed by atoms with Gasteiger partial charge in [0.1, 0.15) is 0 Å². The fourth-order valence-corrected chi connectivity index (χ4v) is 2.35. The first kappa shape index (κ1) is 12.4. The highest BCUT2D eigenvalue weighted by molar-refractivity contribution is 5.96. The minimum atomic E-state index is -0.398. The maximum Gasteiger partial charge on any atom is 0.248 e. The largest absolute Gasteiger partial charge is 0.366 e. The van der Waals surface area contributed by atoms with Crippen LogP contribution in [-0.4, -0.2) is 5.91 Å². The molecule has 0 spiro atoms. The standard InChI is InChI=1S/C17H14N2O/c18-17(20)15-8-9-16-14(11-15)7-4-10-19(16)12-13-5-2-1-3-6-13/h1-11H,12H2,(H-,18,20)/p+1. The Labute approximate surface area is 117 Å². The Morgan fingerprint density at radius 1 is 1.00 bits per heavy atom. The second kappa shape index (κ2) is 5.13. The lowest BCUT2D eigenvalue weighted by molar-refractivity contribution is -0.662. The molecule has 0 aliphatic rings. The highest BCUT2D eigenvalue weighted by atomic mass is 16.1. The van der Waals surface area contributed by atoms with Crippen LogP contribution in [0.3, 0.4) is 0 Å². The zero-order valence-corrected chi connectivity index (χ0v) is 11.0. The van der Waals surface area contributed by atoms with Crippen LogP contribution in [0, 0.1) is 0 Å². The summed E-state index contributed by atoms with van der Waals surface area (Å²) in [7, 11) is 0. The Kier molecular flexibility index (Phi) is 3.17. The lowest BCUT2D eigenvalue weighted by Gasteiger charge is -2.03. The number of nitrogens with two attached hydrogens (primary N) is 1. The van der Waals surface area contributed by atoms with Crippen LogP contribution < -0.4 is 10.3 Å². The fourth-order valence-electron chi connectivity index (χ4n) is 2.35. The van der Waals surface area contributed by atoms with Gasteiger partial charge < -0.3 is 5.73 Å².